The van der Waals surface area contributed by atoms with Gasteiger partial charge in [-0.05, 0) is 48.8 Å². The van der Waals surface area contributed by atoms with Crippen molar-refractivity contribution >= 4 is 33.8 Å². The average molecular weight is 397 g/mol. The molecule has 1 aliphatic heterocycles. The van der Waals surface area contributed by atoms with Gasteiger partial charge in [0.1, 0.15) is 6.04 Å². The lowest BCUT2D eigenvalue weighted by Crippen LogP contribution is -2.50. The minimum atomic E-state index is -3.69. The van der Waals surface area contributed by atoms with Crippen LogP contribution in [0.5, 0.6) is 0 Å². The number of piperidine rings is 1. The van der Waals surface area contributed by atoms with E-state index in [9.17, 15) is 13.2 Å². The SMILES string of the molecule is CSCC[C@H](NS(=O)(=O)/C=C/c1ccccc1)C(=O)N1CCC(C)CC1. The maximum atomic E-state index is 12.8. The fraction of sp³-hybridized carbons (Fsp3) is 0.526. The summed E-state index contributed by atoms with van der Waals surface area (Å²) in [5.74, 6) is 1.24. The standard InChI is InChI=1S/C19H28N2O3S2/c1-16-8-12-21(13-9-16)19(22)18(10-14-25-2)20-26(23,24)15-11-17-6-4-3-5-7-17/h3-7,11,15-16,18,20H,8-10,12-14H2,1-2H3/b15-11+/t18-/m0/s1. The number of amides is 1. The molecule has 1 aromatic carbocycles. The molecule has 26 heavy (non-hydrogen) atoms. The van der Waals surface area contributed by atoms with Gasteiger partial charge in [-0.25, -0.2) is 8.42 Å². The fourth-order valence-electron chi connectivity index (χ4n) is 2.89. The Kier molecular flexibility index (Phi) is 8.18. The first-order chi connectivity index (χ1) is 12.4. The highest BCUT2D eigenvalue weighted by Crippen LogP contribution is 2.18. The van der Waals surface area contributed by atoms with E-state index in [1.54, 1.807) is 22.7 Å². The van der Waals surface area contributed by atoms with Gasteiger partial charge in [-0.2, -0.15) is 16.5 Å². The van der Waals surface area contributed by atoms with Crippen molar-refractivity contribution in [1.82, 2.24) is 9.62 Å². The van der Waals surface area contributed by atoms with Crippen LogP contribution in [0, 0.1) is 5.92 Å². The minimum absolute atomic E-state index is 0.109. The molecule has 0 spiro atoms. The van der Waals surface area contributed by atoms with Crippen molar-refractivity contribution in [2.75, 3.05) is 25.1 Å². The van der Waals surface area contributed by atoms with Crippen molar-refractivity contribution in [3.05, 3.63) is 41.3 Å². The van der Waals surface area contributed by atoms with Crippen LogP contribution in [0.2, 0.25) is 0 Å². The lowest BCUT2D eigenvalue weighted by atomic mass is 9.98. The lowest BCUT2D eigenvalue weighted by Gasteiger charge is -2.33. The molecule has 1 aromatic rings. The average Bonchev–Trinajstić information content (AvgIpc) is 2.64. The van der Waals surface area contributed by atoms with Crippen molar-refractivity contribution < 1.29 is 13.2 Å². The number of hydrogen-bond donors (Lipinski definition) is 1. The molecule has 1 N–H and O–H groups in total. The fourth-order valence-corrected chi connectivity index (χ4v) is 4.39. The second-order valence-corrected chi connectivity index (χ2v) is 9.30. The molecule has 0 radical (unpaired) electrons. The third-order valence-electron chi connectivity index (χ3n) is 4.55. The Labute approximate surface area is 161 Å². The molecule has 1 saturated heterocycles. The van der Waals surface area contributed by atoms with E-state index < -0.39 is 16.1 Å². The number of likely N-dealkylation sites (tertiary alicyclic amines) is 1. The first-order valence-electron chi connectivity index (χ1n) is 8.94. The predicted octanol–water partition coefficient (Wildman–Crippen LogP) is 2.96. The molecule has 0 unspecified atom stereocenters. The molecule has 1 amide bonds. The first kappa shape index (κ1) is 21.0. The van der Waals surface area contributed by atoms with Crippen molar-refractivity contribution in [3.63, 3.8) is 0 Å². The van der Waals surface area contributed by atoms with E-state index >= 15 is 0 Å². The Hall–Kier alpha value is -1.31. The minimum Gasteiger partial charge on any atom is -0.341 e. The van der Waals surface area contributed by atoms with Crippen LogP contribution in [0.3, 0.4) is 0 Å². The molecule has 1 fully saturated rings. The van der Waals surface area contributed by atoms with E-state index in [-0.39, 0.29) is 5.91 Å². The summed E-state index contributed by atoms with van der Waals surface area (Å²) >= 11 is 1.61. The molecule has 1 aliphatic rings. The van der Waals surface area contributed by atoms with Gasteiger partial charge in [-0.3, -0.25) is 4.79 Å². The third kappa shape index (κ3) is 6.78. The van der Waals surface area contributed by atoms with E-state index in [0.717, 1.165) is 29.6 Å². The van der Waals surface area contributed by atoms with Gasteiger partial charge in [0.2, 0.25) is 15.9 Å². The van der Waals surface area contributed by atoms with Gasteiger partial charge in [0.05, 0.1) is 0 Å². The molecule has 2 rings (SSSR count). The Morgan fingerprint density at radius 1 is 1.31 bits per heavy atom. The van der Waals surface area contributed by atoms with Crippen molar-refractivity contribution in [2.24, 2.45) is 5.92 Å². The number of thioether (sulfide) groups is 1. The van der Waals surface area contributed by atoms with Crippen molar-refractivity contribution in [1.29, 1.82) is 0 Å². The van der Waals surface area contributed by atoms with Crippen molar-refractivity contribution in [3.8, 4) is 0 Å². The quantitative estimate of drug-likeness (QED) is 0.734. The van der Waals surface area contributed by atoms with Crippen LogP contribution in [-0.4, -0.2) is 50.4 Å². The summed E-state index contributed by atoms with van der Waals surface area (Å²) in [6.07, 6.45) is 5.93. The van der Waals surface area contributed by atoms with Crippen molar-refractivity contribution in [2.45, 2.75) is 32.2 Å². The number of rotatable bonds is 8. The van der Waals surface area contributed by atoms with Crippen LogP contribution in [-0.2, 0) is 14.8 Å². The van der Waals surface area contributed by atoms with E-state index in [0.29, 0.717) is 25.4 Å². The van der Waals surface area contributed by atoms with Crippen LogP contribution in [0.1, 0.15) is 31.7 Å². The predicted molar refractivity (Wildman–Crippen MR) is 109 cm³/mol. The highest BCUT2D eigenvalue weighted by Gasteiger charge is 2.29. The summed E-state index contributed by atoms with van der Waals surface area (Å²) < 4.78 is 27.5. The maximum Gasteiger partial charge on any atom is 0.240 e. The van der Waals surface area contributed by atoms with E-state index in [1.807, 2.05) is 36.6 Å². The van der Waals surface area contributed by atoms with Gasteiger partial charge in [-0.15, -0.1) is 0 Å². The number of sulfonamides is 1. The second-order valence-electron chi connectivity index (χ2n) is 6.72. The summed E-state index contributed by atoms with van der Waals surface area (Å²) in [7, 11) is -3.69. The molecule has 0 aliphatic carbocycles. The zero-order chi connectivity index (χ0) is 19.0. The summed E-state index contributed by atoms with van der Waals surface area (Å²) in [6.45, 7) is 3.60. The highest BCUT2D eigenvalue weighted by atomic mass is 32.2. The number of carbonyl (C=O) groups excluding carboxylic acids is 1. The summed E-state index contributed by atoms with van der Waals surface area (Å²) in [6, 6.07) is 8.53. The molecule has 144 valence electrons. The molecular weight excluding hydrogens is 368 g/mol. The lowest BCUT2D eigenvalue weighted by molar-refractivity contribution is -0.134. The second kappa shape index (κ2) is 10.1. The number of hydrogen-bond acceptors (Lipinski definition) is 4. The molecule has 1 heterocycles. The summed E-state index contributed by atoms with van der Waals surface area (Å²) in [4.78, 5) is 14.6. The topological polar surface area (TPSA) is 66.5 Å². The van der Waals surface area contributed by atoms with Crippen LogP contribution in [0.25, 0.3) is 6.08 Å². The Morgan fingerprint density at radius 3 is 2.58 bits per heavy atom. The molecular formula is C19H28N2O3S2. The van der Waals surface area contributed by atoms with Gasteiger partial charge >= 0.3 is 0 Å². The van der Waals surface area contributed by atoms with Gasteiger partial charge < -0.3 is 4.90 Å². The monoisotopic (exact) mass is 396 g/mol. The van der Waals surface area contributed by atoms with Gasteiger partial charge in [-0.1, -0.05) is 37.3 Å². The van der Waals surface area contributed by atoms with E-state index in [2.05, 4.69) is 11.6 Å². The zero-order valence-electron chi connectivity index (χ0n) is 15.4. The van der Waals surface area contributed by atoms with E-state index in [1.165, 1.54) is 0 Å². The number of benzene rings is 1. The smallest absolute Gasteiger partial charge is 0.240 e. The Bertz CT molecular complexity index is 697. The van der Waals surface area contributed by atoms with Gasteiger partial charge in [0.25, 0.3) is 0 Å². The molecule has 7 heteroatoms. The molecule has 0 aromatic heterocycles. The maximum absolute atomic E-state index is 12.8. The zero-order valence-corrected chi connectivity index (χ0v) is 17.1. The molecule has 0 saturated carbocycles. The van der Waals surface area contributed by atoms with Crippen LogP contribution in [0.15, 0.2) is 35.7 Å². The largest absolute Gasteiger partial charge is 0.341 e. The Balaban J connectivity index is 2.05. The molecule has 5 nitrogen and oxygen atoms in total. The normalized spacial score (nSPS) is 17.5. The Morgan fingerprint density at radius 2 is 1.96 bits per heavy atom. The molecule has 1 atom stereocenters. The van der Waals surface area contributed by atoms with Crippen LogP contribution >= 0.6 is 11.8 Å². The first-order valence-corrected chi connectivity index (χ1v) is 11.9. The number of carbonyl (C=O) groups is 1. The summed E-state index contributed by atoms with van der Waals surface area (Å²) in [5.41, 5.74) is 0.801. The summed E-state index contributed by atoms with van der Waals surface area (Å²) in [5, 5.41) is 1.14. The molecule has 0 bridgehead atoms. The van der Waals surface area contributed by atoms with Crippen LogP contribution in [0.4, 0.5) is 0 Å². The van der Waals surface area contributed by atoms with E-state index in [4.69, 9.17) is 0 Å². The number of nitrogens with zero attached hydrogens (tertiary/aromatic N) is 1. The highest BCUT2D eigenvalue weighted by molar-refractivity contribution is 7.98. The van der Waals surface area contributed by atoms with Gasteiger partial charge in [0.15, 0.2) is 0 Å². The van der Waals surface area contributed by atoms with Gasteiger partial charge in [0, 0.05) is 18.5 Å². The number of nitrogens with one attached hydrogen (secondary N) is 1. The van der Waals surface area contributed by atoms with Crippen LogP contribution < -0.4 is 4.72 Å². The third-order valence-corrected chi connectivity index (χ3v) is 6.30.